The maximum Gasteiger partial charge on any atom is 0.134 e. The molecule has 0 fully saturated rings. The lowest BCUT2D eigenvalue weighted by atomic mass is 10.0. The van der Waals surface area contributed by atoms with Crippen molar-refractivity contribution in [1.29, 1.82) is 0 Å². The molecule has 28 heavy (non-hydrogen) atoms. The van der Waals surface area contributed by atoms with Crippen LogP contribution in [-0.2, 0) is 0 Å². The van der Waals surface area contributed by atoms with Gasteiger partial charge in [0.15, 0.2) is 0 Å². The van der Waals surface area contributed by atoms with Crippen molar-refractivity contribution in [3.63, 3.8) is 0 Å². The fourth-order valence-corrected chi connectivity index (χ4v) is 13.0. The minimum Gasteiger partial charge on any atom is -0.460 e. The van der Waals surface area contributed by atoms with Crippen LogP contribution < -0.4 is 0 Å². The van der Waals surface area contributed by atoms with Gasteiger partial charge in [0, 0.05) is 21.5 Å². The third-order valence-electron chi connectivity index (χ3n) is 8.57. The number of hydrogen-bond donors (Lipinski definition) is 0. The number of para-hydroxylation sites is 1. The van der Waals surface area contributed by atoms with E-state index in [0.29, 0.717) is 5.54 Å². The van der Waals surface area contributed by atoms with Gasteiger partial charge < -0.3 is 4.42 Å². The van der Waals surface area contributed by atoms with E-state index in [2.05, 4.69) is 85.7 Å². The summed E-state index contributed by atoms with van der Waals surface area (Å²) in [4.78, 5) is 0. The SMILES string of the molecule is CC[Si](CC)(C1C(C)=C(C)c2c1oc1ccccc21)C1(C)C=C(C)C(C)=C1C. The van der Waals surface area contributed by atoms with Gasteiger partial charge in [-0.1, -0.05) is 73.9 Å². The molecule has 2 heteroatoms. The molecule has 0 bridgehead atoms. The van der Waals surface area contributed by atoms with Crippen molar-refractivity contribution in [2.75, 3.05) is 0 Å². The minimum absolute atomic E-state index is 0.178. The topological polar surface area (TPSA) is 13.1 Å². The van der Waals surface area contributed by atoms with Crippen molar-refractivity contribution in [3.8, 4) is 0 Å². The number of rotatable bonds is 4. The van der Waals surface area contributed by atoms with Crippen LogP contribution in [0.25, 0.3) is 16.5 Å². The highest BCUT2D eigenvalue weighted by atomic mass is 28.3. The first-order valence-corrected chi connectivity index (χ1v) is 13.3. The molecule has 0 aliphatic heterocycles. The molecule has 1 heterocycles. The van der Waals surface area contributed by atoms with Crippen LogP contribution in [-0.4, -0.2) is 8.07 Å². The molecule has 1 aromatic carbocycles. The lowest BCUT2D eigenvalue weighted by molar-refractivity contribution is 0.548. The summed E-state index contributed by atoms with van der Waals surface area (Å²) >= 11 is 0. The number of benzene rings is 1. The summed E-state index contributed by atoms with van der Waals surface area (Å²) in [6.07, 6.45) is 2.61. The van der Waals surface area contributed by atoms with Gasteiger partial charge >= 0.3 is 0 Å². The summed E-state index contributed by atoms with van der Waals surface area (Å²) in [6, 6.07) is 11.1. The molecular weight excluding hydrogens is 356 g/mol. The second kappa shape index (κ2) is 6.35. The second-order valence-corrected chi connectivity index (χ2v) is 14.6. The number of hydrogen-bond acceptors (Lipinski definition) is 1. The molecule has 2 aromatic rings. The van der Waals surface area contributed by atoms with Gasteiger partial charge in [-0.25, -0.2) is 0 Å². The van der Waals surface area contributed by atoms with Crippen LogP contribution in [0.15, 0.2) is 57.1 Å². The molecule has 4 rings (SSSR count). The molecule has 2 aliphatic rings. The number of furan rings is 1. The van der Waals surface area contributed by atoms with Gasteiger partial charge in [0.05, 0.1) is 8.07 Å². The molecule has 2 unspecified atom stereocenters. The molecule has 0 N–H and O–H groups in total. The summed E-state index contributed by atoms with van der Waals surface area (Å²) in [5.74, 6) is 1.26. The second-order valence-electron chi connectivity index (χ2n) is 9.22. The zero-order chi connectivity index (χ0) is 20.4. The van der Waals surface area contributed by atoms with Gasteiger partial charge in [0.1, 0.15) is 11.3 Å². The number of fused-ring (bicyclic) bond motifs is 3. The van der Waals surface area contributed by atoms with Crippen molar-refractivity contribution >= 4 is 24.6 Å². The monoisotopic (exact) mass is 390 g/mol. The normalized spacial score (nSPS) is 25.1. The van der Waals surface area contributed by atoms with E-state index in [1.54, 1.807) is 11.1 Å². The Hall–Kier alpha value is -1.80. The highest BCUT2D eigenvalue weighted by Gasteiger charge is 2.57. The molecule has 0 amide bonds. The Labute approximate surface area is 171 Å². The van der Waals surface area contributed by atoms with Crippen LogP contribution in [0, 0.1) is 0 Å². The van der Waals surface area contributed by atoms with Crippen LogP contribution >= 0.6 is 0 Å². The van der Waals surface area contributed by atoms with Crippen LogP contribution in [0.1, 0.15) is 72.3 Å². The third-order valence-corrected chi connectivity index (χ3v) is 15.5. The molecular formula is C26H34OSi. The lowest BCUT2D eigenvalue weighted by Crippen LogP contribution is -2.50. The summed E-state index contributed by atoms with van der Waals surface area (Å²) in [7, 11) is -1.85. The Morgan fingerprint density at radius 2 is 1.61 bits per heavy atom. The van der Waals surface area contributed by atoms with E-state index >= 15 is 0 Å². The molecule has 0 saturated carbocycles. The summed E-state index contributed by atoms with van der Waals surface area (Å²) in [6.45, 7) is 19.1. The Morgan fingerprint density at radius 3 is 2.18 bits per heavy atom. The maximum atomic E-state index is 6.62. The zero-order valence-electron chi connectivity index (χ0n) is 18.8. The van der Waals surface area contributed by atoms with Gasteiger partial charge in [-0.2, -0.15) is 0 Å². The molecule has 1 nitrogen and oxygen atoms in total. The molecule has 2 aliphatic carbocycles. The predicted molar refractivity (Wildman–Crippen MR) is 124 cm³/mol. The number of allylic oxidation sites excluding steroid dienone is 6. The molecule has 148 valence electrons. The highest BCUT2D eigenvalue weighted by Crippen LogP contribution is 2.64. The Balaban J connectivity index is 2.02. The first kappa shape index (κ1) is 19.5. The van der Waals surface area contributed by atoms with Crippen LogP contribution in [0.2, 0.25) is 17.1 Å². The van der Waals surface area contributed by atoms with E-state index in [9.17, 15) is 0 Å². The van der Waals surface area contributed by atoms with Crippen molar-refractivity contribution in [1.82, 2.24) is 0 Å². The summed E-state index contributed by atoms with van der Waals surface area (Å²) in [5, 5.41) is 1.47. The van der Waals surface area contributed by atoms with E-state index in [1.165, 1.54) is 45.5 Å². The van der Waals surface area contributed by atoms with Gasteiger partial charge in [-0.3, -0.25) is 0 Å². The van der Waals surface area contributed by atoms with E-state index in [0.717, 1.165) is 5.58 Å². The minimum atomic E-state index is -1.85. The first-order valence-electron chi connectivity index (χ1n) is 10.8. The smallest absolute Gasteiger partial charge is 0.134 e. The van der Waals surface area contributed by atoms with E-state index in [-0.39, 0.29) is 5.04 Å². The Kier molecular flexibility index (Phi) is 4.43. The molecule has 0 spiro atoms. The van der Waals surface area contributed by atoms with Crippen LogP contribution in [0.4, 0.5) is 0 Å². The van der Waals surface area contributed by atoms with Gasteiger partial charge in [0.25, 0.3) is 0 Å². The first-order chi connectivity index (χ1) is 13.2. The van der Waals surface area contributed by atoms with Gasteiger partial charge in [0.2, 0.25) is 0 Å². The van der Waals surface area contributed by atoms with Crippen molar-refractivity contribution < 1.29 is 4.42 Å². The summed E-state index contributed by atoms with van der Waals surface area (Å²) in [5.41, 5.74) is 10.5. The largest absolute Gasteiger partial charge is 0.460 e. The van der Waals surface area contributed by atoms with Crippen molar-refractivity contribution in [3.05, 3.63) is 64.0 Å². The Bertz CT molecular complexity index is 1060. The van der Waals surface area contributed by atoms with Gasteiger partial charge in [-0.05, 0) is 51.8 Å². The van der Waals surface area contributed by atoms with E-state index in [1.807, 2.05) is 0 Å². The predicted octanol–water partition coefficient (Wildman–Crippen LogP) is 8.41. The highest BCUT2D eigenvalue weighted by molar-refractivity contribution is 6.86. The molecule has 1 aromatic heterocycles. The fourth-order valence-electron chi connectivity index (χ4n) is 6.47. The summed E-state index contributed by atoms with van der Waals surface area (Å²) < 4.78 is 6.62. The average Bonchev–Trinajstić information content (AvgIpc) is 3.24. The quantitative estimate of drug-likeness (QED) is 0.477. The molecule has 0 saturated heterocycles. The van der Waals surface area contributed by atoms with Crippen LogP contribution in [0.5, 0.6) is 0 Å². The Morgan fingerprint density at radius 1 is 0.964 bits per heavy atom. The zero-order valence-corrected chi connectivity index (χ0v) is 19.8. The maximum absolute atomic E-state index is 6.62. The average molecular weight is 391 g/mol. The van der Waals surface area contributed by atoms with Crippen molar-refractivity contribution in [2.45, 2.75) is 78.1 Å². The molecule has 0 radical (unpaired) electrons. The van der Waals surface area contributed by atoms with Crippen LogP contribution in [0.3, 0.4) is 0 Å². The van der Waals surface area contributed by atoms with Crippen molar-refractivity contribution in [2.24, 2.45) is 0 Å². The third kappa shape index (κ3) is 2.18. The lowest BCUT2D eigenvalue weighted by Gasteiger charge is -2.49. The molecule has 2 atom stereocenters. The fraction of sp³-hybridized carbons (Fsp3) is 0.462. The van der Waals surface area contributed by atoms with E-state index < -0.39 is 8.07 Å². The van der Waals surface area contributed by atoms with E-state index in [4.69, 9.17) is 4.42 Å². The van der Waals surface area contributed by atoms with Gasteiger partial charge in [-0.15, -0.1) is 0 Å². The standard InChI is InChI=1S/C26H34OSi/c1-9-28(10-2,26(8)15-16(3)17(4)20(26)7)25-19(6)18(5)23-21-13-11-12-14-22(21)27-24(23)25/h11-15,25H,9-10H2,1-8H3.